The number of hydrogen-bond donors (Lipinski definition) is 0. The first-order chi connectivity index (χ1) is 11.4. The summed E-state index contributed by atoms with van der Waals surface area (Å²) >= 11 is 0. The molecule has 0 radical (unpaired) electrons. The van der Waals surface area contributed by atoms with Gasteiger partial charge in [0.05, 0.1) is 29.8 Å². The number of hydrogen-bond acceptors (Lipinski definition) is 5. The zero-order valence-corrected chi connectivity index (χ0v) is 14.9. The van der Waals surface area contributed by atoms with E-state index >= 15 is 0 Å². The minimum Gasteiger partial charge on any atom is -0.264 e. The predicted octanol–water partition coefficient (Wildman–Crippen LogP) is 1.30. The van der Waals surface area contributed by atoms with Gasteiger partial charge < -0.3 is 0 Å². The molecular weight excluding hydrogens is 328 g/mol. The zero-order chi connectivity index (χ0) is 17.3. The van der Waals surface area contributed by atoms with Crippen LogP contribution in [0.5, 0.6) is 0 Å². The molecule has 0 spiro atoms. The van der Waals surface area contributed by atoms with Crippen molar-refractivity contribution in [1.29, 1.82) is 0 Å². The van der Waals surface area contributed by atoms with Crippen LogP contribution in [0.3, 0.4) is 0 Å². The van der Waals surface area contributed by atoms with Gasteiger partial charge in [-0.3, -0.25) is 9.67 Å². The summed E-state index contributed by atoms with van der Waals surface area (Å²) in [5.41, 5.74) is 2.27. The first kappa shape index (κ1) is 17.0. The first-order valence-electron chi connectivity index (χ1n) is 7.98. The van der Waals surface area contributed by atoms with Crippen molar-refractivity contribution in [2.75, 3.05) is 20.6 Å². The van der Waals surface area contributed by atoms with E-state index in [2.05, 4.69) is 15.1 Å². The molecule has 3 rings (SSSR count). The number of rotatable bonds is 5. The van der Waals surface area contributed by atoms with E-state index < -0.39 is 10.2 Å². The molecule has 0 N–H and O–H groups in total. The molecule has 0 aromatic carbocycles. The minimum atomic E-state index is -3.47. The summed E-state index contributed by atoms with van der Waals surface area (Å²) in [6, 6.07) is 1.61. The van der Waals surface area contributed by atoms with Gasteiger partial charge in [0, 0.05) is 33.4 Å². The van der Waals surface area contributed by atoms with Crippen LogP contribution >= 0.6 is 0 Å². The smallest absolute Gasteiger partial charge is 0.264 e. The fourth-order valence-electron chi connectivity index (χ4n) is 2.99. The van der Waals surface area contributed by atoms with Gasteiger partial charge in [0.15, 0.2) is 0 Å². The Hall–Kier alpha value is -1.84. The highest BCUT2D eigenvalue weighted by molar-refractivity contribution is 7.86. The lowest BCUT2D eigenvalue weighted by atomic mass is 10.1. The summed E-state index contributed by atoms with van der Waals surface area (Å²) in [4.78, 5) is 8.96. The van der Waals surface area contributed by atoms with Crippen LogP contribution in [0.1, 0.15) is 31.5 Å². The van der Waals surface area contributed by atoms with Crippen LogP contribution < -0.4 is 0 Å². The van der Waals surface area contributed by atoms with Crippen LogP contribution in [0.15, 0.2) is 24.7 Å². The van der Waals surface area contributed by atoms with E-state index in [1.807, 2.05) is 17.7 Å². The number of aromatic nitrogens is 4. The summed E-state index contributed by atoms with van der Waals surface area (Å²) in [7, 11) is -0.376. The highest BCUT2D eigenvalue weighted by Gasteiger charge is 2.37. The van der Waals surface area contributed by atoms with Crippen molar-refractivity contribution in [3.8, 4) is 11.4 Å². The summed E-state index contributed by atoms with van der Waals surface area (Å²) in [6.07, 6.45) is 6.64. The minimum absolute atomic E-state index is 0.275. The Balaban J connectivity index is 1.97. The van der Waals surface area contributed by atoms with E-state index in [1.54, 1.807) is 32.7 Å². The van der Waals surface area contributed by atoms with E-state index in [0.717, 1.165) is 25.1 Å². The van der Waals surface area contributed by atoms with Crippen molar-refractivity contribution in [2.45, 2.75) is 32.4 Å². The Morgan fingerprint density at radius 2 is 2.12 bits per heavy atom. The molecule has 130 valence electrons. The summed E-state index contributed by atoms with van der Waals surface area (Å²) in [5.74, 6) is 0. The average molecular weight is 350 g/mol. The topological polar surface area (TPSA) is 84.2 Å². The maximum absolute atomic E-state index is 12.5. The van der Waals surface area contributed by atoms with Crippen molar-refractivity contribution in [1.82, 2.24) is 28.4 Å². The quantitative estimate of drug-likeness (QED) is 0.811. The summed E-state index contributed by atoms with van der Waals surface area (Å²) in [5, 5.41) is 4.25. The van der Waals surface area contributed by atoms with Gasteiger partial charge in [0.1, 0.15) is 5.69 Å². The second kappa shape index (κ2) is 6.58. The second-order valence-electron chi connectivity index (χ2n) is 5.92. The van der Waals surface area contributed by atoms with Crippen molar-refractivity contribution >= 4 is 10.2 Å². The van der Waals surface area contributed by atoms with E-state index in [0.29, 0.717) is 17.9 Å². The van der Waals surface area contributed by atoms with Crippen LogP contribution in [-0.4, -0.2) is 57.4 Å². The number of aryl methyl sites for hydroxylation is 1. The third-order valence-electron chi connectivity index (χ3n) is 4.23. The van der Waals surface area contributed by atoms with Gasteiger partial charge in [-0.25, -0.2) is 4.98 Å². The van der Waals surface area contributed by atoms with Crippen LogP contribution in [0.4, 0.5) is 0 Å². The molecule has 0 bridgehead atoms. The average Bonchev–Trinajstić information content (AvgIpc) is 3.24. The van der Waals surface area contributed by atoms with Gasteiger partial charge in [0.2, 0.25) is 0 Å². The van der Waals surface area contributed by atoms with Crippen molar-refractivity contribution in [3.63, 3.8) is 0 Å². The Labute approximate surface area is 142 Å². The fourth-order valence-corrected chi connectivity index (χ4v) is 4.30. The van der Waals surface area contributed by atoms with E-state index in [9.17, 15) is 8.42 Å². The molecule has 0 aliphatic carbocycles. The lowest BCUT2D eigenvalue weighted by molar-refractivity contribution is 0.357. The van der Waals surface area contributed by atoms with E-state index in [1.165, 1.54) is 8.61 Å². The maximum Gasteiger partial charge on any atom is 0.282 e. The highest BCUT2D eigenvalue weighted by Crippen LogP contribution is 2.34. The lowest BCUT2D eigenvalue weighted by Crippen LogP contribution is -2.39. The normalized spacial score (nSPS) is 19.2. The fraction of sp³-hybridized carbons (Fsp3) is 0.533. The van der Waals surface area contributed by atoms with Crippen LogP contribution in [0.25, 0.3) is 11.4 Å². The molecule has 0 amide bonds. The first-order valence-corrected chi connectivity index (χ1v) is 9.38. The largest absolute Gasteiger partial charge is 0.282 e. The summed E-state index contributed by atoms with van der Waals surface area (Å²) in [6.45, 7) is 3.25. The van der Waals surface area contributed by atoms with Crippen molar-refractivity contribution in [2.24, 2.45) is 0 Å². The molecule has 9 heteroatoms. The predicted molar refractivity (Wildman–Crippen MR) is 90.2 cm³/mol. The van der Waals surface area contributed by atoms with Crippen molar-refractivity contribution < 1.29 is 8.42 Å². The molecule has 1 atom stereocenters. The van der Waals surface area contributed by atoms with E-state index in [-0.39, 0.29) is 6.04 Å². The van der Waals surface area contributed by atoms with Gasteiger partial charge in [-0.1, -0.05) is 0 Å². The molecule has 1 aliphatic rings. The molecule has 2 aromatic heterocycles. The van der Waals surface area contributed by atoms with Gasteiger partial charge in [-0.15, -0.1) is 0 Å². The molecule has 8 nitrogen and oxygen atoms in total. The Morgan fingerprint density at radius 3 is 2.83 bits per heavy atom. The lowest BCUT2D eigenvalue weighted by Gasteiger charge is -2.26. The molecule has 3 heterocycles. The van der Waals surface area contributed by atoms with Crippen LogP contribution in [-0.2, 0) is 16.8 Å². The zero-order valence-electron chi connectivity index (χ0n) is 14.1. The molecule has 1 unspecified atom stereocenters. The van der Waals surface area contributed by atoms with Gasteiger partial charge in [-0.2, -0.15) is 22.1 Å². The van der Waals surface area contributed by atoms with Crippen LogP contribution in [0.2, 0.25) is 0 Å². The SMILES string of the molecule is CCn1nccc1-c1cncc(C2CCCN2S(=O)(=O)N(C)C)n1. The van der Waals surface area contributed by atoms with Gasteiger partial charge in [0.25, 0.3) is 10.2 Å². The Kier molecular flexibility index (Phi) is 4.66. The number of nitrogens with zero attached hydrogens (tertiary/aromatic N) is 6. The van der Waals surface area contributed by atoms with Crippen LogP contribution in [0, 0.1) is 0 Å². The molecule has 0 saturated carbocycles. The molecule has 1 aliphatic heterocycles. The molecule has 24 heavy (non-hydrogen) atoms. The second-order valence-corrected chi connectivity index (χ2v) is 8.02. The van der Waals surface area contributed by atoms with Crippen molar-refractivity contribution in [3.05, 3.63) is 30.4 Å². The maximum atomic E-state index is 12.5. The molecule has 2 aromatic rings. The third kappa shape index (κ3) is 2.94. The van der Waals surface area contributed by atoms with E-state index in [4.69, 9.17) is 0 Å². The monoisotopic (exact) mass is 350 g/mol. The highest BCUT2D eigenvalue weighted by atomic mass is 32.2. The molecule has 1 saturated heterocycles. The molecular formula is C15H22N6O2S. The molecule has 1 fully saturated rings. The Morgan fingerprint density at radius 1 is 1.33 bits per heavy atom. The van der Waals surface area contributed by atoms with Gasteiger partial charge in [-0.05, 0) is 25.8 Å². The van der Waals surface area contributed by atoms with Gasteiger partial charge >= 0.3 is 0 Å². The summed E-state index contributed by atoms with van der Waals surface area (Å²) < 4.78 is 29.6. The Bertz CT molecular complexity index is 817. The third-order valence-corrected chi connectivity index (χ3v) is 6.19. The standard InChI is InChI=1S/C15H22N6O2S/c1-4-20-14(7-8-17-20)12-10-16-11-13(18-12)15-6-5-9-21(15)24(22,23)19(2)3/h7-8,10-11,15H,4-6,9H2,1-3H3.